The van der Waals surface area contributed by atoms with Gasteiger partial charge in [0.15, 0.2) is 11.5 Å². The number of rotatable bonds is 5. The summed E-state index contributed by atoms with van der Waals surface area (Å²) in [6.07, 6.45) is 8.87. The monoisotopic (exact) mass is 405 g/mol. The largest absolute Gasteiger partial charge is 0.463 e. The van der Waals surface area contributed by atoms with E-state index < -0.39 is 0 Å². The molecule has 0 spiro atoms. The number of amides is 1. The lowest BCUT2D eigenvalue weighted by Gasteiger charge is -2.31. The van der Waals surface area contributed by atoms with Crippen molar-refractivity contribution in [3.8, 4) is 23.0 Å². The molecule has 0 aliphatic carbocycles. The van der Waals surface area contributed by atoms with Gasteiger partial charge < -0.3 is 13.8 Å². The highest BCUT2D eigenvalue weighted by Gasteiger charge is 2.27. The van der Waals surface area contributed by atoms with Gasteiger partial charge >= 0.3 is 0 Å². The maximum absolute atomic E-state index is 12.9. The first-order valence-electron chi connectivity index (χ1n) is 9.74. The Morgan fingerprint density at radius 1 is 1.33 bits per heavy atom. The number of aromatic amines is 1. The molecule has 1 N–H and O–H groups in total. The van der Waals surface area contributed by atoms with Crippen LogP contribution in [0.5, 0.6) is 0 Å². The number of nitrogens with zero attached hydrogens (tertiary/aromatic N) is 6. The quantitative estimate of drug-likeness (QED) is 0.537. The van der Waals surface area contributed by atoms with Gasteiger partial charge in [0, 0.05) is 38.0 Å². The molecule has 10 heteroatoms. The van der Waals surface area contributed by atoms with E-state index in [1.54, 1.807) is 37.0 Å². The average Bonchev–Trinajstić information content (AvgIpc) is 3.55. The van der Waals surface area contributed by atoms with Crippen LogP contribution in [0.25, 0.3) is 23.0 Å². The molecule has 1 fully saturated rings. The second-order valence-electron chi connectivity index (χ2n) is 7.21. The predicted molar refractivity (Wildman–Crippen MR) is 104 cm³/mol. The van der Waals surface area contributed by atoms with Crippen LogP contribution in [0.1, 0.15) is 29.2 Å². The Labute approximate surface area is 171 Å². The molecular weight excluding hydrogens is 386 g/mol. The van der Waals surface area contributed by atoms with Crippen LogP contribution in [0, 0.1) is 5.92 Å². The lowest BCUT2D eigenvalue weighted by Crippen LogP contribution is -2.40. The minimum absolute atomic E-state index is 0.0977. The van der Waals surface area contributed by atoms with Gasteiger partial charge in [-0.05, 0) is 30.9 Å². The lowest BCUT2D eigenvalue weighted by atomic mass is 9.94. The van der Waals surface area contributed by atoms with E-state index in [2.05, 4.69) is 30.3 Å². The van der Waals surface area contributed by atoms with Gasteiger partial charge in [0.2, 0.25) is 11.7 Å². The molecule has 10 nitrogen and oxygen atoms in total. The predicted octanol–water partition coefficient (Wildman–Crippen LogP) is 2.60. The lowest BCUT2D eigenvalue weighted by molar-refractivity contribution is 0.0662. The third kappa shape index (κ3) is 3.71. The molecule has 1 amide bonds. The summed E-state index contributed by atoms with van der Waals surface area (Å²) in [6.45, 7) is 1.32. The van der Waals surface area contributed by atoms with Crippen molar-refractivity contribution < 1.29 is 13.7 Å². The molecule has 4 aromatic heterocycles. The number of nitrogens with one attached hydrogen (secondary N) is 1. The zero-order chi connectivity index (χ0) is 20.3. The third-order valence-electron chi connectivity index (χ3n) is 5.11. The van der Waals surface area contributed by atoms with E-state index in [1.807, 2.05) is 11.0 Å². The maximum Gasteiger partial charge on any atom is 0.274 e. The zero-order valence-corrected chi connectivity index (χ0v) is 16.1. The van der Waals surface area contributed by atoms with E-state index in [0.717, 1.165) is 12.8 Å². The third-order valence-corrected chi connectivity index (χ3v) is 5.11. The fraction of sp³-hybridized carbons (Fsp3) is 0.300. The summed E-state index contributed by atoms with van der Waals surface area (Å²) < 4.78 is 10.7. The normalized spacial score (nSPS) is 16.7. The average molecular weight is 405 g/mol. The van der Waals surface area contributed by atoms with Gasteiger partial charge in [0.1, 0.15) is 11.4 Å². The van der Waals surface area contributed by atoms with E-state index in [0.29, 0.717) is 54.1 Å². The summed E-state index contributed by atoms with van der Waals surface area (Å²) in [7, 11) is 0. The first kappa shape index (κ1) is 18.2. The second-order valence-corrected chi connectivity index (χ2v) is 7.21. The molecule has 0 bridgehead atoms. The number of likely N-dealkylation sites (tertiary alicyclic amines) is 1. The Hall–Kier alpha value is -3.82. The molecule has 1 atom stereocenters. The highest BCUT2D eigenvalue weighted by molar-refractivity contribution is 5.93. The van der Waals surface area contributed by atoms with E-state index in [4.69, 9.17) is 8.94 Å². The first-order valence-corrected chi connectivity index (χ1v) is 9.74. The first-order chi connectivity index (χ1) is 14.8. The van der Waals surface area contributed by atoms with Crippen molar-refractivity contribution >= 4 is 5.91 Å². The van der Waals surface area contributed by atoms with Gasteiger partial charge in [-0.3, -0.25) is 14.9 Å². The number of carbonyl (C=O) groups excluding carboxylic acids is 1. The summed E-state index contributed by atoms with van der Waals surface area (Å²) in [5.41, 5.74) is 1.63. The van der Waals surface area contributed by atoms with Crippen LogP contribution >= 0.6 is 0 Å². The summed E-state index contributed by atoms with van der Waals surface area (Å²) in [4.78, 5) is 27.4. The molecule has 5 heterocycles. The topological polar surface area (TPSA) is 127 Å². The van der Waals surface area contributed by atoms with Gasteiger partial charge in [0.25, 0.3) is 5.91 Å². The highest BCUT2D eigenvalue weighted by atomic mass is 16.5. The van der Waals surface area contributed by atoms with Crippen LogP contribution in [0.15, 0.2) is 52.0 Å². The van der Waals surface area contributed by atoms with Crippen LogP contribution in [0.4, 0.5) is 0 Å². The van der Waals surface area contributed by atoms with E-state index in [9.17, 15) is 4.79 Å². The summed E-state index contributed by atoms with van der Waals surface area (Å²) >= 11 is 0. The van der Waals surface area contributed by atoms with E-state index >= 15 is 0 Å². The van der Waals surface area contributed by atoms with Crippen molar-refractivity contribution in [3.63, 3.8) is 0 Å². The van der Waals surface area contributed by atoms with Crippen LogP contribution < -0.4 is 0 Å². The second kappa shape index (κ2) is 7.90. The standard InChI is InChI=1S/C20H19N7O3/c28-20(15-10-14(24-25-15)17-4-2-8-29-17)27-7-1-3-13(12-27)9-18-23-19(26-30-18)16-11-21-5-6-22-16/h2,4-6,8,10-11,13H,1,3,7,9,12H2,(H,24,25)/t13-/m0/s1. The number of aromatic nitrogens is 6. The molecule has 0 unspecified atom stereocenters. The van der Waals surface area contributed by atoms with Crippen molar-refractivity contribution in [1.82, 2.24) is 35.2 Å². The Morgan fingerprint density at radius 3 is 3.13 bits per heavy atom. The van der Waals surface area contributed by atoms with Crippen molar-refractivity contribution in [2.45, 2.75) is 19.3 Å². The molecule has 5 rings (SSSR count). The number of hydrogen-bond acceptors (Lipinski definition) is 8. The number of carbonyl (C=O) groups is 1. The Bertz CT molecular complexity index is 1120. The maximum atomic E-state index is 12.9. The summed E-state index contributed by atoms with van der Waals surface area (Å²) in [6, 6.07) is 5.33. The van der Waals surface area contributed by atoms with E-state index in [1.165, 1.54) is 0 Å². The van der Waals surface area contributed by atoms with Crippen LogP contribution in [0.3, 0.4) is 0 Å². The van der Waals surface area contributed by atoms with Crippen molar-refractivity contribution in [1.29, 1.82) is 0 Å². The van der Waals surface area contributed by atoms with Gasteiger partial charge in [-0.25, -0.2) is 4.98 Å². The van der Waals surface area contributed by atoms with Crippen LogP contribution in [-0.2, 0) is 6.42 Å². The van der Waals surface area contributed by atoms with Crippen LogP contribution in [0.2, 0.25) is 0 Å². The molecule has 152 valence electrons. The number of furan rings is 1. The molecule has 1 saturated heterocycles. The van der Waals surface area contributed by atoms with Crippen LogP contribution in [-0.4, -0.2) is 54.2 Å². The SMILES string of the molecule is O=C(c1cc(-c2ccco2)[nH]n1)N1CCC[C@@H](Cc2nc(-c3cnccn3)no2)C1. The Balaban J connectivity index is 1.24. The van der Waals surface area contributed by atoms with Crippen molar-refractivity contribution in [2.24, 2.45) is 5.92 Å². The molecular formula is C20H19N7O3. The van der Waals surface area contributed by atoms with E-state index in [-0.39, 0.29) is 11.8 Å². The smallest absolute Gasteiger partial charge is 0.274 e. The summed E-state index contributed by atoms with van der Waals surface area (Å²) in [5.74, 6) is 1.74. The molecule has 4 aromatic rings. The van der Waals surface area contributed by atoms with Crippen molar-refractivity contribution in [2.75, 3.05) is 13.1 Å². The Kier molecular flexibility index (Phi) is 4.80. The highest BCUT2D eigenvalue weighted by Crippen LogP contribution is 2.24. The minimum Gasteiger partial charge on any atom is -0.463 e. The Morgan fingerprint density at radius 2 is 2.30 bits per heavy atom. The minimum atomic E-state index is -0.0977. The molecule has 0 radical (unpaired) electrons. The van der Waals surface area contributed by atoms with Gasteiger partial charge in [-0.15, -0.1) is 0 Å². The molecule has 1 aliphatic heterocycles. The molecule has 0 saturated carbocycles. The molecule has 0 aromatic carbocycles. The number of H-pyrrole nitrogens is 1. The molecule has 1 aliphatic rings. The number of piperidine rings is 1. The fourth-order valence-corrected chi connectivity index (χ4v) is 3.67. The van der Waals surface area contributed by atoms with Gasteiger partial charge in [0.05, 0.1) is 12.5 Å². The van der Waals surface area contributed by atoms with Gasteiger partial charge in [-0.2, -0.15) is 10.1 Å². The fourth-order valence-electron chi connectivity index (χ4n) is 3.67. The van der Waals surface area contributed by atoms with Gasteiger partial charge in [-0.1, -0.05) is 5.16 Å². The molecule has 30 heavy (non-hydrogen) atoms. The summed E-state index contributed by atoms with van der Waals surface area (Å²) in [5, 5.41) is 11.0. The zero-order valence-electron chi connectivity index (χ0n) is 16.1. The number of hydrogen-bond donors (Lipinski definition) is 1. The van der Waals surface area contributed by atoms with Crippen molar-refractivity contribution in [3.05, 3.63) is 54.6 Å².